The molecular formula is C36H26F3N3O3. The van der Waals surface area contributed by atoms with Crippen molar-refractivity contribution >= 4 is 33.6 Å². The molecule has 7 rings (SSSR count). The maximum atomic E-state index is 14.1. The van der Waals surface area contributed by atoms with E-state index in [9.17, 15) is 27.9 Å². The summed E-state index contributed by atoms with van der Waals surface area (Å²) in [7, 11) is 0. The molecule has 1 aliphatic carbocycles. The zero-order chi connectivity index (χ0) is 31.3. The molecule has 0 aliphatic heterocycles. The Balaban J connectivity index is 1.29. The SMILES string of the molecule is O=C(O)c1ccc(C2(NC(=O)c3cc(-c4ccc(C(F)(F)F)cc4)cc4cnn(Cc5ccc6ccccc6c5)c34)CC2)cc1. The van der Waals surface area contributed by atoms with Crippen LogP contribution in [0.1, 0.15) is 50.2 Å². The predicted molar refractivity (Wildman–Crippen MR) is 165 cm³/mol. The van der Waals surface area contributed by atoms with Crippen LogP contribution in [0.2, 0.25) is 0 Å². The van der Waals surface area contributed by atoms with Crippen LogP contribution in [0.4, 0.5) is 13.2 Å². The topological polar surface area (TPSA) is 84.2 Å². The van der Waals surface area contributed by atoms with Crippen LogP contribution >= 0.6 is 0 Å². The van der Waals surface area contributed by atoms with Gasteiger partial charge in [-0.15, -0.1) is 0 Å². The molecule has 6 nitrogen and oxygen atoms in total. The van der Waals surface area contributed by atoms with Crippen molar-refractivity contribution < 1.29 is 27.9 Å². The first-order valence-electron chi connectivity index (χ1n) is 14.4. The average Bonchev–Trinajstić information content (AvgIpc) is 3.71. The Labute approximate surface area is 255 Å². The van der Waals surface area contributed by atoms with Crippen LogP contribution in [0, 0.1) is 0 Å². The van der Waals surface area contributed by atoms with E-state index < -0.39 is 23.2 Å². The van der Waals surface area contributed by atoms with Gasteiger partial charge in [-0.3, -0.25) is 9.48 Å². The quantitative estimate of drug-likeness (QED) is 0.193. The van der Waals surface area contributed by atoms with Crippen molar-refractivity contribution in [3.63, 3.8) is 0 Å². The number of halogens is 3. The number of aromatic carboxylic acids is 1. The molecule has 1 aromatic heterocycles. The lowest BCUT2D eigenvalue weighted by molar-refractivity contribution is -0.137. The third-order valence-electron chi connectivity index (χ3n) is 8.46. The fourth-order valence-electron chi connectivity index (χ4n) is 5.88. The van der Waals surface area contributed by atoms with Gasteiger partial charge in [0.2, 0.25) is 0 Å². The molecule has 0 bridgehead atoms. The Morgan fingerprint density at radius 2 is 1.53 bits per heavy atom. The van der Waals surface area contributed by atoms with Crippen LogP contribution in [0.25, 0.3) is 32.8 Å². The highest BCUT2D eigenvalue weighted by atomic mass is 19.4. The van der Waals surface area contributed by atoms with Gasteiger partial charge in [0, 0.05) is 5.39 Å². The number of nitrogens with zero attached hydrogens (tertiary/aromatic N) is 2. The number of hydrogen-bond acceptors (Lipinski definition) is 3. The minimum atomic E-state index is -4.46. The number of carboxylic acid groups (broad SMARTS) is 1. The van der Waals surface area contributed by atoms with Gasteiger partial charge in [0.25, 0.3) is 5.91 Å². The van der Waals surface area contributed by atoms with E-state index in [0.717, 1.165) is 34.0 Å². The minimum Gasteiger partial charge on any atom is -0.478 e. The molecule has 0 saturated heterocycles. The Kier molecular flexibility index (Phi) is 6.69. The number of fused-ring (bicyclic) bond motifs is 2. The summed E-state index contributed by atoms with van der Waals surface area (Å²) in [6.07, 6.45) is -1.43. The second kappa shape index (κ2) is 10.6. The summed E-state index contributed by atoms with van der Waals surface area (Å²) in [6.45, 7) is 0.399. The van der Waals surface area contributed by atoms with E-state index in [4.69, 9.17) is 0 Å². The van der Waals surface area contributed by atoms with E-state index in [-0.39, 0.29) is 11.5 Å². The van der Waals surface area contributed by atoms with Gasteiger partial charge in [0.05, 0.1) is 40.5 Å². The van der Waals surface area contributed by atoms with Crippen LogP contribution in [0.15, 0.2) is 109 Å². The summed E-state index contributed by atoms with van der Waals surface area (Å²) in [6, 6.07) is 29.0. The molecule has 1 heterocycles. The number of nitrogens with one attached hydrogen (secondary N) is 1. The lowest BCUT2D eigenvalue weighted by Gasteiger charge is -2.20. The van der Waals surface area contributed by atoms with Crippen molar-refractivity contribution in [2.45, 2.75) is 31.1 Å². The van der Waals surface area contributed by atoms with Crippen molar-refractivity contribution in [1.82, 2.24) is 15.1 Å². The number of aromatic nitrogens is 2. The smallest absolute Gasteiger partial charge is 0.416 e. The highest BCUT2D eigenvalue weighted by Crippen LogP contribution is 2.46. The van der Waals surface area contributed by atoms with E-state index >= 15 is 0 Å². The number of carbonyl (C=O) groups excluding carboxylic acids is 1. The first-order chi connectivity index (χ1) is 21.6. The highest BCUT2D eigenvalue weighted by molar-refractivity contribution is 6.08. The fraction of sp³-hybridized carbons (Fsp3) is 0.139. The fourth-order valence-corrected chi connectivity index (χ4v) is 5.88. The van der Waals surface area contributed by atoms with E-state index in [0.29, 0.717) is 47.0 Å². The Hall–Kier alpha value is -5.44. The van der Waals surface area contributed by atoms with E-state index in [1.54, 1.807) is 29.1 Å². The second-order valence-electron chi connectivity index (χ2n) is 11.4. The molecule has 45 heavy (non-hydrogen) atoms. The van der Waals surface area contributed by atoms with Gasteiger partial charge >= 0.3 is 12.1 Å². The molecule has 9 heteroatoms. The molecule has 2 N–H and O–H groups in total. The van der Waals surface area contributed by atoms with Gasteiger partial charge in [-0.25, -0.2) is 4.79 Å². The van der Waals surface area contributed by atoms with Gasteiger partial charge in [-0.1, -0.05) is 60.7 Å². The van der Waals surface area contributed by atoms with Crippen LogP contribution in [0.5, 0.6) is 0 Å². The van der Waals surface area contributed by atoms with E-state index in [1.807, 2.05) is 42.5 Å². The molecule has 0 unspecified atom stereocenters. The third-order valence-corrected chi connectivity index (χ3v) is 8.46. The van der Waals surface area contributed by atoms with Gasteiger partial charge < -0.3 is 10.4 Å². The molecule has 1 aliphatic rings. The summed E-state index contributed by atoms with van der Waals surface area (Å²) >= 11 is 0. The number of amides is 1. The molecule has 1 amide bonds. The van der Waals surface area contributed by atoms with Crippen LogP contribution in [-0.2, 0) is 18.3 Å². The number of rotatable bonds is 7. The number of hydrogen-bond donors (Lipinski definition) is 2. The summed E-state index contributed by atoms with van der Waals surface area (Å²) < 4.78 is 41.5. The first-order valence-corrected chi connectivity index (χ1v) is 14.4. The Morgan fingerprint density at radius 1 is 0.822 bits per heavy atom. The molecule has 5 aromatic carbocycles. The summed E-state index contributed by atoms with van der Waals surface area (Å²) in [5.41, 5.74) is 2.63. The molecule has 224 valence electrons. The summed E-state index contributed by atoms with van der Waals surface area (Å²) in [4.78, 5) is 25.5. The lowest BCUT2D eigenvalue weighted by atomic mass is 9.97. The average molecular weight is 606 g/mol. The number of carboxylic acids is 1. The minimum absolute atomic E-state index is 0.157. The highest BCUT2D eigenvalue weighted by Gasteiger charge is 2.46. The van der Waals surface area contributed by atoms with Crippen LogP contribution < -0.4 is 5.32 Å². The zero-order valence-corrected chi connectivity index (χ0v) is 23.8. The van der Waals surface area contributed by atoms with Gasteiger partial charge in [-0.2, -0.15) is 18.3 Å². The van der Waals surface area contributed by atoms with E-state index in [1.165, 1.54) is 24.3 Å². The predicted octanol–water partition coefficient (Wildman–Crippen LogP) is 8.04. The van der Waals surface area contributed by atoms with Crippen LogP contribution in [0.3, 0.4) is 0 Å². The summed E-state index contributed by atoms with van der Waals surface area (Å²) in [5, 5.41) is 20.0. The first kappa shape index (κ1) is 28.3. The van der Waals surface area contributed by atoms with Crippen molar-refractivity contribution in [3.05, 3.63) is 137 Å². The van der Waals surface area contributed by atoms with Crippen molar-refractivity contribution in [3.8, 4) is 11.1 Å². The Morgan fingerprint density at radius 3 is 2.20 bits per heavy atom. The van der Waals surface area contributed by atoms with E-state index in [2.05, 4.69) is 16.5 Å². The second-order valence-corrected chi connectivity index (χ2v) is 11.4. The van der Waals surface area contributed by atoms with Gasteiger partial charge in [0.1, 0.15) is 0 Å². The maximum absolute atomic E-state index is 14.1. The standard InChI is InChI=1S/C36H26F3N3O3/c37-36(38,39)30-13-7-24(8-14-30)27-18-28-20-40-42(21-22-5-6-23-3-1-2-4-26(23)17-22)32(28)31(19-27)33(43)41-35(15-16-35)29-11-9-25(10-12-29)34(44)45/h1-14,17-20H,15-16,21H2,(H,41,43)(H,44,45). The van der Waals surface area contributed by atoms with Crippen molar-refractivity contribution in [2.75, 3.05) is 0 Å². The third kappa shape index (κ3) is 5.42. The number of alkyl halides is 3. The maximum Gasteiger partial charge on any atom is 0.416 e. The van der Waals surface area contributed by atoms with Crippen molar-refractivity contribution in [2.24, 2.45) is 0 Å². The molecule has 6 aromatic rings. The molecule has 1 fully saturated rings. The normalized spacial score (nSPS) is 14.0. The number of carbonyl (C=O) groups is 2. The molecule has 0 atom stereocenters. The largest absolute Gasteiger partial charge is 0.478 e. The lowest BCUT2D eigenvalue weighted by Crippen LogP contribution is -2.35. The molecule has 0 spiro atoms. The molecular weight excluding hydrogens is 579 g/mol. The van der Waals surface area contributed by atoms with Gasteiger partial charge in [-0.05, 0) is 88.3 Å². The monoisotopic (exact) mass is 605 g/mol. The summed E-state index contributed by atoms with van der Waals surface area (Å²) in [5.74, 6) is -1.38. The Bertz CT molecular complexity index is 2100. The van der Waals surface area contributed by atoms with Gasteiger partial charge in [0.15, 0.2) is 0 Å². The van der Waals surface area contributed by atoms with Crippen LogP contribution in [-0.4, -0.2) is 26.8 Å². The molecule has 0 radical (unpaired) electrons. The number of benzene rings is 5. The zero-order valence-electron chi connectivity index (χ0n) is 23.8. The molecule has 1 saturated carbocycles. The van der Waals surface area contributed by atoms with Crippen molar-refractivity contribution in [1.29, 1.82) is 0 Å².